The molecule has 3 amide bonds. The number of benzene rings is 2. The van der Waals surface area contributed by atoms with Gasteiger partial charge in [-0.05, 0) is 69.1 Å². The largest absolute Gasteiger partial charge is 0.494 e. The molecule has 1 aromatic heterocycles. The summed E-state index contributed by atoms with van der Waals surface area (Å²) in [6.07, 6.45) is 4.23. The van der Waals surface area contributed by atoms with Gasteiger partial charge in [-0.15, -0.1) is 0 Å². The van der Waals surface area contributed by atoms with E-state index >= 15 is 0 Å². The van der Waals surface area contributed by atoms with E-state index in [0.717, 1.165) is 25.9 Å². The number of methoxy groups -OCH3 is 1. The van der Waals surface area contributed by atoms with Crippen molar-refractivity contribution in [2.24, 2.45) is 13.0 Å². The number of aromatic nitrogens is 2. The van der Waals surface area contributed by atoms with Crippen molar-refractivity contribution in [1.82, 2.24) is 25.5 Å². The molecule has 5 rings (SSSR count). The summed E-state index contributed by atoms with van der Waals surface area (Å²) >= 11 is 6.37. The summed E-state index contributed by atoms with van der Waals surface area (Å²) in [5.41, 5.74) is 0.668. The summed E-state index contributed by atoms with van der Waals surface area (Å²) in [7, 11) is 2.74. The van der Waals surface area contributed by atoms with Crippen LogP contribution in [0.5, 0.6) is 5.75 Å². The van der Waals surface area contributed by atoms with Crippen LogP contribution in [0.1, 0.15) is 46.7 Å². The highest BCUT2D eigenvalue weighted by Gasteiger charge is 2.33. The normalized spacial score (nSPS) is 17.6. The fourth-order valence-electron chi connectivity index (χ4n) is 5.24. The predicted octanol–water partition coefficient (Wildman–Crippen LogP) is 3.36. The van der Waals surface area contributed by atoms with Crippen LogP contribution in [0.15, 0.2) is 36.5 Å². The molecule has 0 spiro atoms. The third-order valence-corrected chi connectivity index (χ3v) is 8.05. The Hall–Kier alpha value is -4.56. The number of imidazole rings is 1. The van der Waals surface area contributed by atoms with Gasteiger partial charge in [-0.25, -0.2) is 9.37 Å². The molecule has 2 aliphatic rings. The van der Waals surface area contributed by atoms with Crippen LogP contribution in [0, 0.1) is 17.6 Å². The number of hydrogen-bond donors (Lipinski definition) is 5. The van der Waals surface area contributed by atoms with E-state index in [2.05, 4.69) is 26.3 Å². The average molecular weight is 647 g/mol. The molecule has 240 valence electrons. The zero-order valence-electron chi connectivity index (χ0n) is 24.5. The van der Waals surface area contributed by atoms with E-state index < -0.39 is 17.5 Å². The summed E-state index contributed by atoms with van der Waals surface area (Å²) in [5, 5.41) is 18.9. The minimum Gasteiger partial charge on any atom is -0.494 e. The summed E-state index contributed by atoms with van der Waals surface area (Å²) < 4.78 is 35.0. The third-order valence-electron chi connectivity index (χ3n) is 7.74. The van der Waals surface area contributed by atoms with E-state index in [4.69, 9.17) is 26.2 Å². The van der Waals surface area contributed by atoms with Gasteiger partial charge in [0, 0.05) is 36.3 Å². The quantitative estimate of drug-likeness (QED) is 0.233. The Kier molecular flexibility index (Phi) is 11.1. The van der Waals surface area contributed by atoms with Gasteiger partial charge in [0.2, 0.25) is 11.7 Å². The van der Waals surface area contributed by atoms with E-state index in [0.29, 0.717) is 18.5 Å². The van der Waals surface area contributed by atoms with Crippen molar-refractivity contribution in [3.8, 4) is 17.0 Å². The lowest BCUT2D eigenvalue weighted by atomic mass is 9.85. The van der Waals surface area contributed by atoms with Gasteiger partial charge in [0.25, 0.3) is 18.3 Å². The molecule has 0 radical (unpaired) electrons. The number of rotatable bonds is 8. The second-order valence-electron chi connectivity index (χ2n) is 10.6. The first-order valence-corrected chi connectivity index (χ1v) is 14.5. The Morgan fingerprint density at radius 2 is 1.73 bits per heavy atom. The zero-order valence-corrected chi connectivity index (χ0v) is 25.3. The maximum atomic E-state index is 14.6. The van der Waals surface area contributed by atoms with Gasteiger partial charge in [0.1, 0.15) is 0 Å². The molecule has 1 aliphatic carbocycles. The van der Waals surface area contributed by atoms with Crippen molar-refractivity contribution in [3.05, 3.63) is 64.6 Å². The van der Waals surface area contributed by atoms with Gasteiger partial charge in [-0.3, -0.25) is 19.2 Å². The van der Waals surface area contributed by atoms with Crippen LogP contribution in [0.3, 0.4) is 0 Å². The first kappa shape index (κ1) is 33.3. The molecule has 1 saturated carbocycles. The van der Waals surface area contributed by atoms with Gasteiger partial charge in [0.15, 0.2) is 17.4 Å². The molecule has 12 nitrogen and oxygen atoms in total. The Bertz CT molecular complexity index is 1570. The molecule has 45 heavy (non-hydrogen) atoms. The smallest absolute Gasteiger partial charge is 0.291 e. The molecule has 2 fully saturated rings. The van der Waals surface area contributed by atoms with Gasteiger partial charge >= 0.3 is 0 Å². The van der Waals surface area contributed by atoms with E-state index in [-0.39, 0.29) is 69.7 Å². The second-order valence-corrected chi connectivity index (χ2v) is 11.0. The average Bonchev–Trinajstić information content (AvgIpc) is 3.39. The monoisotopic (exact) mass is 646 g/mol. The lowest BCUT2D eigenvalue weighted by molar-refractivity contribution is -0.127. The molecular weight excluding hydrogens is 614 g/mol. The van der Waals surface area contributed by atoms with Crippen molar-refractivity contribution in [1.29, 1.82) is 0 Å². The number of ether oxygens (including phenoxy) is 1. The van der Waals surface area contributed by atoms with Crippen molar-refractivity contribution in [2.45, 2.75) is 37.8 Å². The fourth-order valence-corrected chi connectivity index (χ4v) is 5.51. The fraction of sp³-hybridized carbons (Fsp3) is 0.367. The van der Waals surface area contributed by atoms with Gasteiger partial charge in [0.05, 0.1) is 29.6 Å². The van der Waals surface area contributed by atoms with Crippen LogP contribution in [0.4, 0.5) is 14.5 Å². The van der Waals surface area contributed by atoms with Crippen LogP contribution in [0.2, 0.25) is 5.02 Å². The van der Waals surface area contributed by atoms with Crippen LogP contribution < -0.4 is 26.0 Å². The highest BCUT2D eigenvalue weighted by Crippen LogP contribution is 2.30. The van der Waals surface area contributed by atoms with Crippen molar-refractivity contribution in [3.63, 3.8) is 0 Å². The highest BCUT2D eigenvalue weighted by atomic mass is 35.5. The third kappa shape index (κ3) is 7.75. The van der Waals surface area contributed by atoms with Crippen molar-refractivity contribution >= 4 is 41.5 Å². The van der Waals surface area contributed by atoms with E-state index in [9.17, 15) is 23.2 Å². The summed E-state index contributed by atoms with van der Waals surface area (Å²) in [5.74, 6) is -3.40. The molecule has 2 aromatic carbocycles. The molecule has 15 heteroatoms. The molecular formula is C30H33ClF2N6O6. The summed E-state index contributed by atoms with van der Waals surface area (Å²) in [6.45, 7) is 1.45. The zero-order chi connectivity index (χ0) is 32.7. The number of hydrogen-bond acceptors (Lipinski definition) is 7. The molecule has 0 atom stereocenters. The van der Waals surface area contributed by atoms with Crippen LogP contribution in [-0.2, 0) is 16.6 Å². The molecule has 5 N–H and O–H groups in total. The summed E-state index contributed by atoms with van der Waals surface area (Å²) in [6, 6.07) is 7.07. The van der Waals surface area contributed by atoms with E-state index in [1.54, 1.807) is 0 Å². The minimum absolute atomic E-state index is 0.0395. The molecule has 2 heterocycles. The number of amides is 3. The number of carbonyl (C=O) groups is 4. The number of carbonyl (C=O) groups excluding carboxylic acids is 3. The number of nitrogens with one attached hydrogen (secondary N) is 4. The minimum atomic E-state index is -1.14. The predicted molar refractivity (Wildman–Crippen MR) is 161 cm³/mol. The Labute approximate surface area is 262 Å². The van der Waals surface area contributed by atoms with Crippen LogP contribution in [-0.4, -0.2) is 71.1 Å². The van der Waals surface area contributed by atoms with E-state index in [1.165, 1.54) is 55.3 Å². The first-order valence-electron chi connectivity index (χ1n) is 14.1. The Morgan fingerprint density at radius 3 is 2.38 bits per heavy atom. The number of halogens is 3. The highest BCUT2D eigenvalue weighted by molar-refractivity contribution is 6.34. The number of carboxylic acid groups (broad SMARTS) is 1. The Balaban J connectivity index is 0.00000148. The second kappa shape index (κ2) is 14.9. The molecule has 1 aliphatic heterocycles. The number of piperidine rings is 1. The van der Waals surface area contributed by atoms with Crippen LogP contribution in [0.25, 0.3) is 11.3 Å². The lowest BCUT2D eigenvalue weighted by Gasteiger charge is -2.37. The maximum Gasteiger partial charge on any atom is 0.291 e. The van der Waals surface area contributed by atoms with Crippen molar-refractivity contribution < 1.29 is 37.8 Å². The lowest BCUT2D eigenvalue weighted by Crippen LogP contribution is -2.55. The molecule has 0 bridgehead atoms. The number of anilines is 1. The van der Waals surface area contributed by atoms with Gasteiger partial charge in [-0.1, -0.05) is 11.6 Å². The molecule has 1 saturated heterocycles. The van der Waals surface area contributed by atoms with E-state index in [1.807, 2.05) is 0 Å². The van der Waals surface area contributed by atoms with Gasteiger partial charge in [-0.2, -0.15) is 4.39 Å². The summed E-state index contributed by atoms with van der Waals surface area (Å²) in [4.78, 5) is 50.6. The molecule has 3 aromatic rings. The first-order chi connectivity index (χ1) is 21.6. The SMILES string of the molecule is COc1ccc(-c2cnc(C(=O)Nc3ccc(C(=O)NC4CC(NC(=O)C5CCNCC5)C4)c(Cl)c3)n2C)c(F)c1F.O=CO. The molecule has 0 unspecified atom stereocenters. The van der Waals surface area contributed by atoms with Crippen LogP contribution >= 0.6 is 11.6 Å². The van der Waals surface area contributed by atoms with Crippen molar-refractivity contribution in [2.75, 3.05) is 25.5 Å². The number of nitrogens with zero attached hydrogens (tertiary/aromatic N) is 2. The Morgan fingerprint density at radius 1 is 1.07 bits per heavy atom. The maximum absolute atomic E-state index is 14.6. The van der Waals surface area contributed by atoms with Gasteiger partial charge < -0.3 is 35.7 Å². The standard InChI is InChI=1S/C29H31ClF2N6O4.CH2O2/c1-38-22(20-5-6-23(42-2)25(32)24(20)31)14-34-26(38)29(41)35-16-3-4-19(21(30)13-16)28(40)37-18-11-17(12-18)36-27(39)15-7-9-33-10-8-15;2-1-3/h3-6,13-15,17-18,33H,7-12H2,1-2H3,(H,35,41)(H,36,39)(H,37,40);1H,(H,2,3). The topological polar surface area (TPSA) is 164 Å².